The Morgan fingerprint density at radius 1 is 1.33 bits per heavy atom. The van der Waals surface area contributed by atoms with Crippen LogP contribution in [0.4, 0.5) is 5.82 Å². The maximum Gasteiger partial charge on any atom is 0.229 e. The van der Waals surface area contributed by atoms with Crippen LogP contribution in [-0.4, -0.2) is 22.7 Å². The predicted octanol–water partition coefficient (Wildman–Crippen LogP) is 3.25. The lowest BCUT2D eigenvalue weighted by molar-refractivity contribution is -0.116. The van der Waals surface area contributed by atoms with E-state index in [1.807, 2.05) is 37.3 Å². The molecule has 1 amide bonds. The smallest absolute Gasteiger partial charge is 0.229 e. The Balaban J connectivity index is 1.75. The number of amides is 1. The van der Waals surface area contributed by atoms with Crippen LogP contribution in [0.1, 0.15) is 37.4 Å². The van der Waals surface area contributed by atoms with Gasteiger partial charge < -0.3 is 10.1 Å². The Labute approximate surface area is 124 Å². The molecule has 0 bridgehead atoms. The largest absolute Gasteiger partial charge is 0.493 e. The van der Waals surface area contributed by atoms with Gasteiger partial charge >= 0.3 is 0 Å². The lowest BCUT2D eigenvalue weighted by atomic mass is 10.1. The van der Waals surface area contributed by atoms with E-state index in [0.29, 0.717) is 18.3 Å². The van der Waals surface area contributed by atoms with E-state index in [1.54, 1.807) is 0 Å². The van der Waals surface area contributed by atoms with Gasteiger partial charge in [0.1, 0.15) is 5.75 Å². The van der Waals surface area contributed by atoms with Crippen molar-refractivity contribution < 1.29 is 9.53 Å². The number of benzene rings is 1. The second kappa shape index (κ2) is 6.92. The maximum absolute atomic E-state index is 11.8. The minimum absolute atomic E-state index is 0.107. The average Bonchev–Trinajstić information content (AvgIpc) is 2.90. The molecule has 0 atom stereocenters. The molecule has 0 saturated carbocycles. The molecule has 0 saturated heterocycles. The van der Waals surface area contributed by atoms with Crippen LogP contribution in [0.5, 0.6) is 5.75 Å². The molecule has 112 valence electrons. The van der Waals surface area contributed by atoms with Crippen LogP contribution < -0.4 is 10.1 Å². The second-order valence-electron chi connectivity index (χ2n) is 5.32. The first-order valence-electron chi connectivity index (χ1n) is 7.09. The minimum atomic E-state index is -0.107. The van der Waals surface area contributed by atoms with Crippen molar-refractivity contribution in [1.29, 1.82) is 0 Å². The van der Waals surface area contributed by atoms with E-state index in [0.717, 1.165) is 11.4 Å². The molecule has 0 aliphatic rings. The first-order valence-corrected chi connectivity index (χ1v) is 7.09. The van der Waals surface area contributed by atoms with E-state index in [4.69, 9.17) is 4.74 Å². The van der Waals surface area contributed by atoms with Crippen molar-refractivity contribution in [2.24, 2.45) is 0 Å². The van der Waals surface area contributed by atoms with E-state index >= 15 is 0 Å². The van der Waals surface area contributed by atoms with Gasteiger partial charge in [-0.3, -0.25) is 9.89 Å². The van der Waals surface area contributed by atoms with Gasteiger partial charge in [0.25, 0.3) is 0 Å². The molecule has 5 nitrogen and oxygen atoms in total. The standard InChI is InChI=1S/C16H21N3O2/c1-11(2)14-10-15(19-18-14)17-16(20)8-9-21-13-6-4-12(3)5-7-13/h4-7,10-11H,8-9H2,1-3H3,(H2,17,18,19,20). The quantitative estimate of drug-likeness (QED) is 0.857. The molecule has 2 rings (SSSR count). The van der Waals surface area contributed by atoms with Crippen molar-refractivity contribution in [1.82, 2.24) is 10.2 Å². The summed E-state index contributed by atoms with van der Waals surface area (Å²) in [7, 11) is 0. The van der Waals surface area contributed by atoms with Gasteiger partial charge in [-0.05, 0) is 25.0 Å². The zero-order valence-electron chi connectivity index (χ0n) is 12.6. The number of aromatic nitrogens is 2. The van der Waals surface area contributed by atoms with Gasteiger partial charge in [-0.25, -0.2) is 0 Å². The van der Waals surface area contributed by atoms with Crippen molar-refractivity contribution >= 4 is 11.7 Å². The summed E-state index contributed by atoms with van der Waals surface area (Å²) in [5.74, 6) is 1.58. The Hall–Kier alpha value is -2.30. The molecule has 0 spiro atoms. The highest BCUT2D eigenvalue weighted by Gasteiger charge is 2.08. The molecule has 0 aliphatic carbocycles. The van der Waals surface area contributed by atoms with E-state index < -0.39 is 0 Å². The zero-order chi connectivity index (χ0) is 15.2. The number of hydrogen-bond acceptors (Lipinski definition) is 3. The molecular formula is C16H21N3O2. The number of hydrogen-bond donors (Lipinski definition) is 2. The summed E-state index contributed by atoms with van der Waals surface area (Å²) < 4.78 is 5.52. The van der Waals surface area contributed by atoms with Crippen LogP contribution in [0.15, 0.2) is 30.3 Å². The molecule has 1 heterocycles. The summed E-state index contributed by atoms with van der Waals surface area (Å²) in [6.07, 6.45) is 0.289. The fourth-order valence-electron chi connectivity index (χ4n) is 1.80. The molecule has 1 aromatic heterocycles. The molecule has 1 aromatic carbocycles. The van der Waals surface area contributed by atoms with Crippen LogP contribution in [-0.2, 0) is 4.79 Å². The lowest BCUT2D eigenvalue weighted by Crippen LogP contribution is -2.15. The number of anilines is 1. The van der Waals surface area contributed by atoms with E-state index in [1.165, 1.54) is 5.56 Å². The van der Waals surface area contributed by atoms with Crippen molar-refractivity contribution in [3.05, 3.63) is 41.6 Å². The van der Waals surface area contributed by atoms with E-state index in [-0.39, 0.29) is 12.3 Å². The Kier molecular flexibility index (Phi) is 4.98. The van der Waals surface area contributed by atoms with Crippen molar-refractivity contribution in [2.45, 2.75) is 33.1 Å². The topological polar surface area (TPSA) is 67.0 Å². The summed E-state index contributed by atoms with van der Waals surface area (Å²) in [6.45, 7) is 6.49. The summed E-state index contributed by atoms with van der Waals surface area (Å²) in [6, 6.07) is 9.61. The number of nitrogens with zero attached hydrogens (tertiary/aromatic N) is 1. The SMILES string of the molecule is Cc1ccc(OCCC(=O)Nc2cc(C(C)C)[nH]n2)cc1. The van der Waals surface area contributed by atoms with Crippen LogP contribution in [0, 0.1) is 6.92 Å². The van der Waals surface area contributed by atoms with Crippen LogP contribution in [0.25, 0.3) is 0 Å². The third-order valence-corrected chi connectivity index (χ3v) is 3.11. The Bertz CT molecular complexity index is 588. The van der Waals surface area contributed by atoms with Crippen LogP contribution >= 0.6 is 0 Å². The van der Waals surface area contributed by atoms with Crippen LogP contribution in [0.3, 0.4) is 0 Å². The second-order valence-corrected chi connectivity index (χ2v) is 5.32. The summed E-state index contributed by atoms with van der Waals surface area (Å²) in [5, 5.41) is 9.71. The summed E-state index contributed by atoms with van der Waals surface area (Å²) in [4.78, 5) is 11.8. The predicted molar refractivity (Wildman–Crippen MR) is 82.6 cm³/mol. The molecular weight excluding hydrogens is 266 g/mol. The van der Waals surface area contributed by atoms with Gasteiger partial charge in [-0.2, -0.15) is 5.10 Å². The highest BCUT2D eigenvalue weighted by molar-refractivity contribution is 5.89. The molecule has 2 aromatic rings. The number of carbonyl (C=O) groups excluding carboxylic acids is 1. The fourth-order valence-corrected chi connectivity index (χ4v) is 1.80. The molecule has 0 aliphatic heterocycles. The van der Waals surface area contributed by atoms with Gasteiger partial charge in [0.15, 0.2) is 5.82 Å². The van der Waals surface area contributed by atoms with Gasteiger partial charge in [0.2, 0.25) is 5.91 Å². The molecule has 21 heavy (non-hydrogen) atoms. The maximum atomic E-state index is 11.8. The van der Waals surface area contributed by atoms with Crippen molar-refractivity contribution in [2.75, 3.05) is 11.9 Å². The number of carbonyl (C=O) groups is 1. The molecule has 5 heteroatoms. The first kappa shape index (κ1) is 15.1. The summed E-state index contributed by atoms with van der Waals surface area (Å²) >= 11 is 0. The van der Waals surface area contributed by atoms with Crippen molar-refractivity contribution in [3.63, 3.8) is 0 Å². The number of aromatic amines is 1. The Morgan fingerprint density at radius 3 is 2.67 bits per heavy atom. The third kappa shape index (κ3) is 4.63. The number of nitrogens with one attached hydrogen (secondary N) is 2. The number of aryl methyl sites for hydroxylation is 1. The summed E-state index contributed by atoms with van der Waals surface area (Å²) in [5.41, 5.74) is 2.18. The van der Waals surface area contributed by atoms with Gasteiger partial charge in [0, 0.05) is 11.8 Å². The lowest BCUT2D eigenvalue weighted by Gasteiger charge is -2.06. The van der Waals surface area contributed by atoms with Gasteiger partial charge in [0.05, 0.1) is 13.0 Å². The molecule has 0 radical (unpaired) electrons. The highest BCUT2D eigenvalue weighted by Crippen LogP contribution is 2.15. The van der Waals surface area contributed by atoms with Gasteiger partial charge in [-0.15, -0.1) is 0 Å². The van der Waals surface area contributed by atoms with Crippen LogP contribution in [0.2, 0.25) is 0 Å². The minimum Gasteiger partial charge on any atom is -0.493 e. The molecule has 2 N–H and O–H groups in total. The Morgan fingerprint density at radius 2 is 2.05 bits per heavy atom. The third-order valence-electron chi connectivity index (χ3n) is 3.11. The normalized spacial score (nSPS) is 10.7. The van der Waals surface area contributed by atoms with E-state index in [9.17, 15) is 4.79 Å². The first-order chi connectivity index (χ1) is 10.0. The highest BCUT2D eigenvalue weighted by atomic mass is 16.5. The number of ether oxygens (including phenoxy) is 1. The number of rotatable bonds is 6. The fraction of sp³-hybridized carbons (Fsp3) is 0.375. The van der Waals surface area contributed by atoms with Gasteiger partial charge in [-0.1, -0.05) is 31.5 Å². The molecule has 0 fully saturated rings. The average molecular weight is 287 g/mol. The zero-order valence-corrected chi connectivity index (χ0v) is 12.6. The van der Waals surface area contributed by atoms with Crippen molar-refractivity contribution in [3.8, 4) is 5.75 Å². The monoisotopic (exact) mass is 287 g/mol. The molecule has 0 unspecified atom stereocenters. The van der Waals surface area contributed by atoms with E-state index in [2.05, 4.69) is 29.4 Å². The number of H-pyrrole nitrogens is 1.